The fraction of sp³-hybridized carbons (Fsp3) is 0.611. The van der Waals surface area contributed by atoms with Crippen LogP contribution in [-0.2, 0) is 10.2 Å². The van der Waals surface area contributed by atoms with Crippen molar-refractivity contribution in [3.63, 3.8) is 0 Å². The second kappa shape index (κ2) is 8.31. The zero-order valence-electron chi connectivity index (χ0n) is 14.1. The minimum atomic E-state index is -0.399. The molecule has 0 aromatic heterocycles. The molecule has 5 heteroatoms. The molecule has 1 saturated heterocycles. The largest absolute Gasteiger partial charge is 0.393 e. The highest BCUT2D eigenvalue weighted by Crippen LogP contribution is 2.36. The number of aliphatic hydroxyl groups is 1. The molecule has 1 aliphatic rings. The predicted octanol–water partition coefficient (Wildman–Crippen LogP) is 2.11. The lowest BCUT2D eigenvalue weighted by Gasteiger charge is -2.39. The normalized spacial score (nSPS) is 18.2. The molecular formula is C18H28N2O3. The van der Waals surface area contributed by atoms with Crippen molar-refractivity contribution < 1.29 is 14.6 Å². The zero-order valence-corrected chi connectivity index (χ0v) is 14.1. The minimum Gasteiger partial charge on any atom is -0.393 e. The highest BCUT2D eigenvalue weighted by Gasteiger charge is 2.35. The van der Waals surface area contributed by atoms with Gasteiger partial charge in [-0.15, -0.1) is 0 Å². The van der Waals surface area contributed by atoms with Crippen LogP contribution in [0.25, 0.3) is 0 Å². The van der Waals surface area contributed by atoms with Gasteiger partial charge in [-0.25, -0.2) is 4.79 Å². The average Bonchev–Trinajstić information content (AvgIpc) is 2.54. The first-order chi connectivity index (χ1) is 11.0. The van der Waals surface area contributed by atoms with Crippen molar-refractivity contribution in [2.75, 3.05) is 26.3 Å². The molecule has 0 aliphatic carbocycles. The van der Waals surface area contributed by atoms with Crippen LogP contribution in [-0.4, -0.2) is 43.5 Å². The highest BCUT2D eigenvalue weighted by atomic mass is 16.5. The van der Waals surface area contributed by atoms with E-state index in [4.69, 9.17) is 4.74 Å². The second-order valence-corrected chi connectivity index (χ2v) is 6.45. The SMILES string of the molecule is Cc1ccccc1C1(CNC(=O)NCCC(C)O)CCOCC1. The maximum absolute atomic E-state index is 12.0. The molecular weight excluding hydrogens is 292 g/mol. The van der Waals surface area contributed by atoms with Crippen LogP contribution in [0.2, 0.25) is 0 Å². The van der Waals surface area contributed by atoms with E-state index in [1.54, 1.807) is 6.92 Å². The molecule has 0 saturated carbocycles. The number of nitrogens with one attached hydrogen (secondary N) is 2. The maximum atomic E-state index is 12.0. The molecule has 1 aromatic rings. The van der Waals surface area contributed by atoms with Crippen molar-refractivity contribution >= 4 is 6.03 Å². The number of aryl methyl sites for hydroxylation is 1. The van der Waals surface area contributed by atoms with E-state index in [-0.39, 0.29) is 11.4 Å². The van der Waals surface area contributed by atoms with Gasteiger partial charge in [0.05, 0.1) is 6.10 Å². The topological polar surface area (TPSA) is 70.6 Å². The molecule has 128 valence electrons. The number of hydrogen-bond donors (Lipinski definition) is 3. The van der Waals surface area contributed by atoms with E-state index in [0.717, 1.165) is 26.1 Å². The molecule has 0 spiro atoms. The van der Waals surface area contributed by atoms with Crippen molar-refractivity contribution in [3.8, 4) is 0 Å². The number of aliphatic hydroxyl groups excluding tert-OH is 1. The van der Waals surface area contributed by atoms with Gasteiger partial charge in [-0.2, -0.15) is 0 Å². The molecule has 5 nitrogen and oxygen atoms in total. The lowest BCUT2D eigenvalue weighted by Crippen LogP contribution is -2.48. The fourth-order valence-electron chi connectivity index (χ4n) is 3.18. The molecule has 0 radical (unpaired) electrons. The number of ether oxygens (including phenoxy) is 1. The first-order valence-corrected chi connectivity index (χ1v) is 8.37. The van der Waals surface area contributed by atoms with Crippen LogP contribution in [0, 0.1) is 6.92 Å². The van der Waals surface area contributed by atoms with Crippen LogP contribution in [0.4, 0.5) is 4.79 Å². The van der Waals surface area contributed by atoms with Crippen molar-refractivity contribution in [1.82, 2.24) is 10.6 Å². The molecule has 23 heavy (non-hydrogen) atoms. The van der Waals surface area contributed by atoms with Crippen molar-refractivity contribution in [3.05, 3.63) is 35.4 Å². The highest BCUT2D eigenvalue weighted by molar-refractivity contribution is 5.74. The third-order valence-corrected chi connectivity index (χ3v) is 4.60. The molecule has 1 aromatic carbocycles. The summed E-state index contributed by atoms with van der Waals surface area (Å²) in [7, 11) is 0. The molecule has 2 amide bonds. The van der Waals surface area contributed by atoms with Crippen LogP contribution in [0.1, 0.15) is 37.3 Å². The van der Waals surface area contributed by atoms with Crippen molar-refractivity contribution in [2.24, 2.45) is 0 Å². The Bertz CT molecular complexity index is 511. The van der Waals surface area contributed by atoms with Gasteiger partial charge in [-0.3, -0.25) is 0 Å². The molecule has 1 unspecified atom stereocenters. The standard InChI is InChI=1S/C18H28N2O3/c1-14-5-3-4-6-16(14)18(8-11-23-12-9-18)13-20-17(22)19-10-7-15(2)21/h3-6,15,21H,7-13H2,1-2H3,(H2,19,20,22). The van der Waals surface area contributed by atoms with Crippen molar-refractivity contribution in [1.29, 1.82) is 0 Å². The lowest BCUT2D eigenvalue weighted by atomic mass is 9.72. The summed E-state index contributed by atoms with van der Waals surface area (Å²) in [4.78, 5) is 12.0. The summed E-state index contributed by atoms with van der Waals surface area (Å²) in [6.07, 6.45) is 1.98. The molecule has 2 rings (SSSR count). The summed E-state index contributed by atoms with van der Waals surface area (Å²) in [5.74, 6) is 0. The summed E-state index contributed by atoms with van der Waals surface area (Å²) in [5, 5.41) is 15.0. The molecule has 1 fully saturated rings. The van der Waals surface area contributed by atoms with Gasteiger partial charge < -0.3 is 20.5 Å². The summed E-state index contributed by atoms with van der Waals surface area (Å²) in [6, 6.07) is 8.21. The van der Waals surface area contributed by atoms with E-state index in [1.807, 2.05) is 6.07 Å². The smallest absolute Gasteiger partial charge is 0.314 e. The van der Waals surface area contributed by atoms with E-state index in [0.29, 0.717) is 19.5 Å². The first-order valence-electron chi connectivity index (χ1n) is 8.37. The fourth-order valence-corrected chi connectivity index (χ4v) is 3.18. The second-order valence-electron chi connectivity index (χ2n) is 6.45. The van der Waals surface area contributed by atoms with E-state index in [2.05, 4.69) is 35.8 Å². The molecule has 1 heterocycles. The van der Waals surface area contributed by atoms with Crippen LogP contribution < -0.4 is 10.6 Å². The Morgan fingerprint density at radius 2 is 2.00 bits per heavy atom. The summed E-state index contributed by atoms with van der Waals surface area (Å²) >= 11 is 0. The Hall–Kier alpha value is -1.59. The minimum absolute atomic E-state index is 0.0643. The molecule has 1 aliphatic heterocycles. The Balaban J connectivity index is 1.99. The van der Waals surface area contributed by atoms with E-state index < -0.39 is 6.10 Å². The summed E-state index contributed by atoms with van der Waals surface area (Å²) in [5.41, 5.74) is 2.49. The van der Waals surface area contributed by atoms with E-state index >= 15 is 0 Å². The Kier molecular flexibility index (Phi) is 6.42. The van der Waals surface area contributed by atoms with Gasteiger partial charge in [0.15, 0.2) is 0 Å². The molecule has 0 bridgehead atoms. The van der Waals surface area contributed by atoms with Crippen LogP contribution in [0.15, 0.2) is 24.3 Å². The Morgan fingerprint density at radius 1 is 1.30 bits per heavy atom. The van der Waals surface area contributed by atoms with Gasteiger partial charge in [-0.05, 0) is 44.2 Å². The molecule has 1 atom stereocenters. The number of urea groups is 1. The number of benzene rings is 1. The quantitative estimate of drug-likeness (QED) is 0.752. The summed E-state index contributed by atoms with van der Waals surface area (Å²) in [6.45, 7) is 6.36. The molecule has 3 N–H and O–H groups in total. The summed E-state index contributed by atoms with van der Waals surface area (Å²) < 4.78 is 5.53. The van der Waals surface area contributed by atoms with Gasteiger partial charge in [0.2, 0.25) is 0 Å². The monoisotopic (exact) mass is 320 g/mol. The number of carbonyl (C=O) groups excluding carboxylic acids is 1. The van der Waals surface area contributed by atoms with Gasteiger partial charge in [0, 0.05) is 31.7 Å². The predicted molar refractivity (Wildman–Crippen MR) is 90.6 cm³/mol. The number of carbonyl (C=O) groups is 1. The van der Waals surface area contributed by atoms with Crippen LogP contribution in [0.3, 0.4) is 0 Å². The third-order valence-electron chi connectivity index (χ3n) is 4.60. The first kappa shape index (κ1) is 17.8. The lowest BCUT2D eigenvalue weighted by molar-refractivity contribution is 0.0504. The maximum Gasteiger partial charge on any atom is 0.314 e. The Labute approximate surface area is 138 Å². The number of amides is 2. The van der Waals surface area contributed by atoms with Gasteiger partial charge in [-0.1, -0.05) is 24.3 Å². The van der Waals surface area contributed by atoms with Gasteiger partial charge >= 0.3 is 6.03 Å². The van der Waals surface area contributed by atoms with Crippen molar-refractivity contribution in [2.45, 2.75) is 44.6 Å². The third kappa shape index (κ3) is 4.94. The van der Waals surface area contributed by atoms with Gasteiger partial charge in [0.1, 0.15) is 0 Å². The Morgan fingerprint density at radius 3 is 2.65 bits per heavy atom. The van der Waals surface area contributed by atoms with Crippen LogP contribution in [0.5, 0.6) is 0 Å². The van der Waals surface area contributed by atoms with E-state index in [9.17, 15) is 9.90 Å². The number of rotatable bonds is 6. The average molecular weight is 320 g/mol. The van der Waals surface area contributed by atoms with E-state index in [1.165, 1.54) is 11.1 Å². The zero-order chi connectivity index (χ0) is 16.7. The van der Waals surface area contributed by atoms with Gasteiger partial charge in [0.25, 0.3) is 0 Å². The number of hydrogen-bond acceptors (Lipinski definition) is 3. The van der Waals surface area contributed by atoms with Crippen LogP contribution >= 0.6 is 0 Å².